The lowest BCUT2D eigenvalue weighted by molar-refractivity contribution is -0.136. The van der Waals surface area contributed by atoms with Crippen molar-refractivity contribution in [1.29, 1.82) is 0 Å². The van der Waals surface area contributed by atoms with Gasteiger partial charge in [-0.3, -0.25) is 9.59 Å². The number of piperazine rings is 1. The zero-order chi connectivity index (χ0) is 23.0. The van der Waals surface area contributed by atoms with Crippen LogP contribution in [0.15, 0.2) is 39.8 Å². The molecular weight excluding hydrogens is 451 g/mol. The normalized spacial score (nSPS) is 20.0. The third-order valence-electron chi connectivity index (χ3n) is 5.70. The van der Waals surface area contributed by atoms with Crippen LogP contribution in [-0.4, -0.2) is 73.1 Å². The van der Waals surface area contributed by atoms with Crippen LogP contribution in [0.5, 0.6) is 0 Å². The van der Waals surface area contributed by atoms with Crippen LogP contribution in [-0.2, 0) is 14.8 Å². The number of sulfonamides is 1. The smallest absolute Gasteiger partial charge is 0.290 e. The zero-order valence-electron chi connectivity index (χ0n) is 16.8. The molecular formula is C20H20F3N3O5S. The van der Waals surface area contributed by atoms with Gasteiger partial charge in [-0.1, -0.05) is 0 Å². The van der Waals surface area contributed by atoms with Gasteiger partial charge in [-0.2, -0.15) is 4.31 Å². The Balaban J connectivity index is 1.44. The van der Waals surface area contributed by atoms with Crippen molar-refractivity contribution in [2.45, 2.75) is 23.8 Å². The van der Waals surface area contributed by atoms with Gasteiger partial charge in [0, 0.05) is 32.7 Å². The zero-order valence-corrected chi connectivity index (χ0v) is 17.7. The van der Waals surface area contributed by atoms with Gasteiger partial charge >= 0.3 is 0 Å². The Bertz CT molecular complexity index is 1130. The first-order valence-electron chi connectivity index (χ1n) is 9.98. The molecule has 32 heavy (non-hydrogen) atoms. The predicted octanol–water partition coefficient (Wildman–Crippen LogP) is 1.83. The number of carbonyl (C=O) groups is 2. The first-order valence-corrected chi connectivity index (χ1v) is 11.4. The van der Waals surface area contributed by atoms with Crippen LogP contribution in [0, 0.1) is 17.5 Å². The number of nitrogens with zero attached hydrogens (tertiary/aromatic N) is 3. The van der Waals surface area contributed by atoms with Crippen molar-refractivity contribution in [1.82, 2.24) is 14.1 Å². The predicted molar refractivity (Wildman–Crippen MR) is 104 cm³/mol. The first-order chi connectivity index (χ1) is 15.2. The number of furan rings is 1. The van der Waals surface area contributed by atoms with Crippen LogP contribution in [0.4, 0.5) is 13.2 Å². The van der Waals surface area contributed by atoms with Gasteiger partial charge in [0.2, 0.25) is 15.9 Å². The summed E-state index contributed by atoms with van der Waals surface area (Å²) in [6, 6.07) is 3.64. The Kier molecular flexibility index (Phi) is 5.99. The third-order valence-corrected chi connectivity index (χ3v) is 7.61. The number of hydrogen-bond acceptors (Lipinski definition) is 5. The Morgan fingerprint density at radius 3 is 2.34 bits per heavy atom. The highest BCUT2D eigenvalue weighted by atomic mass is 32.2. The summed E-state index contributed by atoms with van der Waals surface area (Å²) in [7, 11) is -4.42. The maximum atomic E-state index is 14.0. The number of hydrogen-bond donors (Lipinski definition) is 0. The van der Waals surface area contributed by atoms with Gasteiger partial charge < -0.3 is 14.2 Å². The summed E-state index contributed by atoms with van der Waals surface area (Å²) in [6.45, 7) is 0.141. The number of carbonyl (C=O) groups excluding carboxylic acids is 2. The summed E-state index contributed by atoms with van der Waals surface area (Å²) in [5, 5.41) is 0. The summed E-state index contributed by atoms with van der Waals surface area (Å²) in [5.74, 6) is -5.68. The molecule has 0 aliphatic carbocycles. The fourth-order valence-electron chi connectivity index (χ4n) is 4.01. The molecule has 8 nitrogen and oxygen atoms in total. The van der Waals surface area contributed by atoms with E-state index in [4.69, 9.17) is 4.42 Å². The molecule has 0 bridgehead atoms. The Hall–Kier alpha value is -2.86. The highest BCUT2D eigenvalue weighted by Gasteiger charge is 2.40. The largest absolute Gasteiger partial charge is 0.459 e. The van der Waals surface area contributed by atoms with Gasteiger partial charge in [0.15, 0.2) is 23.2 Å². The van der Waals surface area contributed by atoms with Crippen LogP contribution < -0.4 is 0 Å². The third kappa shape index (κ3) is 3.88. The standard InChI is InChI=1S/C20H20F3N3O5S/c21-13-5-6-16(18(23)17(13)22)32(29,30)25-10-8-24(9-11-25)19(27)14-3-1-7-26(14)20(28)15-4-2-12-31-15/h2,4-6,12,14H,1,3,7-11H2/t14-/m0/s1. The van der Waals surface area contributed by atoms with Gasteiger partial charge in [-0.15, -0.1) is 0 Å². The highest BCUT2D eigenvalue weighted by Crippen LogP contribution is 2.26. The number of amides is 2. The summed E-state index contributed by atoms with van der Waals surface area (Å²) in [6.07, 6.45) is 2.49. The molecule has 4 rings (SSSR count). The van der Waals surface area contributed by atoms with Crippen LogP contribution in [0.1, 0.15) is 23.4 Å². The fraction of sp³-hybridized carbons (Fsp3) is 0.400. The molecule has 1 aromatic carbocycles. The molecule has 2 amide bonds. The number of rotatable bonds is 4. The minimum absolute atomic E-state index is 0.0165. The second-order valence-electron chi connectivity index (χ2n) is 7.54. The summed E-state index contributed by atoms with van der Waals surface area (Å²) >= 11 is 0. The molecule has 172 valence electrons. The van der Waals surface area contributed by atoms with E-state index < -0.39 is 38.4 Å². The van der Waals surface area contributed by atoms with E-state index >= 15 is 0 Å². The van der Waals surface area contributed by atoms with Gasteiger partial charge in [-0.25, -0.2) is 21.6 Å². The summed E-state index contributed by atoms with van der Waals surface area (Å²) < 4.78 is 72.2. The second-order valence-corrected chi connectivity index (χ2v) is 9.44. The lowest BCUT2D eigenvalue weighted by Crippen LogP contribution is -2.55. The van der Waals surface area contributed by atoms with Gasteiger partial charge in [-0.05, 0) is 37.1 Å². The van der Waals surface area contributed by atoms with E-state index in [1.54, 1.807) is 6.07 Å². The average molecular weight is 471 g/mol. The summed E-state index contributed by atoms with van der Waals surface area (Å²) in [4.78, 5) is 27.6. The molecule has 0 spiro atoms. The lowest BCUT2D eigenvalue weighted by atomic mass is 10.1. The maximum Gasteiger partial charge on any atom is 0.290 e. The molecule has 0 radical (unpaired) electrons. The van der Waals surface area contributed by atoms with Crippen molar-refractivity contribution < 1.29 is 35.6 Å². The molecule has 2 aliphatic heterocycles. The van der Waals surface area contributed by atoms with Crippen molar-refractivity contribution in [3.8, 4) is 0 Å². The molecule has 2 fully saturated rings. The summed E-state index contributed by atoms with van der Waals surface area (Å²) in [5.41, 5.74) is 0. The topological polar surface area (TPSA) is 91.1 Å². The van der Waals surface area contributed by atoms with E-state index in [9.17, 15) is 31.2 Å². The van der Waals surface area contributed by atoms with Gasteiger partial charge in [0.05, 0.1) is 6.26 Å². The Labute approximate surface area is 182 Å². The van der Waals surface area contributed by atoms with Crippen molar-refractivity contribution in [2.75, 3.05) is 32.7 Å². The van der Waals surface area contributed by atoms with Crippen LogP contribution in [0.25, 0.3) is 0 Å². The molecule has 1 aromatic heterocycles. The molecule has 0 N–H and O–H groups in total. The van der Waals surface area contributed by atoms with E-state index in [-0.39, 0.29) is 43.8 Å². The monoisotopic (exact) mass is 471 g/mol. The van der Waals surface area contributed by atoms with E-state index in [1.165, 1.54) is 22.1 Å². The Morgan fingerprint density at radius 1 is 0.969 bits per heavy atom. The molecule has 3 heterocycles. The van der Waals surface area contributed by atoms with Crippen molar-refractivity contribution in [3.63, 3.8) is 0 Å². The lowest BCUT2D eigenvalue weighted by Gasteiger charge is -2.36. The first kappa shape index (κ1) is 22.3. The van der Waals surface area contributed by atoms with Crippen LogP contribution in [0.3, 0.4) is 0 Å². The van der Waals surface area contributed by atoms with E-state index in [2.05, 4.69) is 0 Å². The molecule has 0 unspecified atom stereocenters. The average Bonchev–Trinajstić information content (AvgIpc) is 3.49. The van der Waals surface area contributed by atoms with Crippen molar-refractivity contribution in [3.05, 3.63) is 53.7 Å². The van der Waals surface area contributed by atoms with Crippen LogP contribution in [0.2, 0.25) is 0 Å². The molecule has 12 heteroatoms. The number of likely N-dealkylation sites (tertiary alicyclic amines) is 1. The molecule has 2 aliphatic rings. The minimum atomic E-state index is -4.42. The van der Waals surface area contributed by atoms with E-state index in [0.717, 1.165) is 4.31 Å². The van der Waals surface area contributed by atoms with Crippen molar-refractivity contribution in [2.24, 2.45) is 0 Å². The van der Waals surface area contributed by atoms with Gasteiger partial charge in [0.1, 0.15) is 10.9 Å². The number of benzene rings is 1. The molecule has 2 saturated heterocycles. The van der Waals surface area contributed by atoms with Crippen LogP contribution >= 0.6 is 0 Å². The molecule has 2 aromatic rings. The minimum Gasteiger partial charge on any atom is -0.459 e. The highest BCUT2D eigenvalue weighted by molar-refractivity contribution is 7.89. The Morgan fingerprint density at radius 2 is 1.69 bits per heavy atom. The molecule has 0 saturated carbocycles. The van der Waals surface area contributed by atoms with Crippen molar-refractivity contribution >= 4 is 21.8 Å². The number of halogens is 3. The second kappa shape index (κ2) is 8.58. The maximum absolute atomic E-state index is 14.0. The van der Waals surface area contributed by atoms with Gasteiger partial charge in [0.25, 0.3) is 5.91 Å². The quantitative estimate of drug-likeness (QED) is 0.635. The molecule has 1 atom stereocenters. The fourth-order valence-corrected chi connectivity index (χ4v) is 5.49. The van der Waals surface area contributed by atoms with E-state index in [1.807, 2.05) is 0 Å². The SMILES string of the molecule is O=C([C@@H]1CCCN1C(=O)c1ccco1)N1CCN(S(=O)(=O)c2ccc(F)c(F)c2F)CC1. The van der Waals surface area contributed by atoms with E-state index in [0.29, 0.717) is 31.5 Å².